The Labute approximate surface area is 271 Å². The van der Waals surface area contributed by atoms with Gasteiger partial charge in [0, 0.05) is 17.6 Å². The molecule has 0 unspecified atom stereocenters. The molecule has 0 aliphatic carbocycles. The first kappa shape index (κ1) is 36.6. The fraction of sp³-hybridized carbons (Fsp3) is 0.111. The molecule has 5 aromatic rings. The molecule has 0 atom stereocenters. The van der Waals surface area contributed by atoms with Crippen molar-refractivity contribution in [2.45, 2.75) is 13.8 Å². The zero-order chi connectivity index (χ0) is 32.0. The van der Waals surface area contributed by atoms with E-state index in [-0.39, 0.29) is 15.8 Å². The van der Waals surface area contributed by atoms with Crippen molar-refractivity contribution >= 4 is 54.7 Å². The van der Waals surface area contributed by atoms with E-state index in [1.807, 2.05) is 30.3 Å². The number of carboxylic acid groups (broad SMARTS) is 2. The second-order valence-corrected chi connectivity index (χ2v) is 16.9. The third-order valence-corrected chi connectivity index (χ3v) is 14.8. The van der Waals surface area contributed by atoms with E-state index in [4.69, 9.17) is 25.5 Å². The Bertz CT molecular complexity index is 1280. The molecule has 5 rings (SSSR count). The maximum atomic E-state index is 8.89. The van der Waals surface area contributed by atoms with Gasteiger partial charge in [0.15, 0.2) is 0 Å². The quantitative estimate of drug-likeness (QED) is 0.149. The molecule has 0 aromatic heterocycles. The van der Waals surface area contributed by atoms with Gasteiger partial charge < -0.3 is 25.5 Å². The predicted octanol–water partition coefficient (Wildman–Crippen LogP) is 4.03. The van der Waals surface area contributed by atoms with Crippen LogP contribution in [0, 0.1) is 0 Å². The molecule has 2 N–H and O–H groups in total. The Morgan fingerprint density at radius 3 is 0.886 bits per heavy atom. The zero-order valence-corrected chi connectivity index (χ0v) is 28.1. The van der Waals surface area contributed by atoms with Crippen LogP contribution in [0.15, 0.2) is 152 Å². The van der Waals surface area contributed by atoms with Gasteiger partial charge in [-0.3, -0.25) is 0 Å². The molecule has 230 valence electrons. The van der Waals surface area contributed by atoms with Gasteiger partial charge in [-0.2, -0.15) is 0 Å². The number of carboxylic acids is 2. The standard InChI is InChI=1S/2C13H12P.C6H7N.2C2H4O2.Pd/c2*1-14(12-8-4-2-5-9-12)13-10-6-3-7-11-13;7-6-4-2-1-3-5-6;2*1-2(3)4;/h2*2-11H,1H2;1-5H,7H2;2*1H3,(H,3,4);/q;;;;;+2/p-2. The number of hydrogen-bond donors (Lipinski definition) is 1. The Morgan fingerprint density at radius 1 is 0.500 bits per heavy atom. The van der Waals surface area contributed by atoms with Gasteiger partial charge in [-0.15, -0.1) is 0 Å². The van der Waals surface area contributed by atoms with Crippen LogP contribution in [0.2, 0.25) is 0 Å². The molecule has 5 aromatic carbocycles. The molecule has 0 bridgehead atoms. The van der Waals surface area contributed by atoms with Crippen LogP contribution in [-0.4, -0.2) is 21.2 Å². The summed E-state index contributed by atoms with van der Waals surface area (Å²) in [4.78, 5) is 17.8. The van der Waals surface area contributed by atoms with Crippen molar-refractivity contribution in [1.29, 1.82) is 0 Å². The van der Waals surface area contributed by atoms with Gasteiger partial charge in [0.05, 0.1) is 0 Å². The van der Waals surface area contributed by atoms with E-state index in [1.165, 1.54) is 30.5 Å². The van der Waals surface area contributed by atoms with Gasteiger partial charge in [-0.05, 0) is 26.0 Å². The van der Waals surface area contributed by atoms with Crippen molar-refractivity contribution in [1.82, 2.24) is 0 Å². The molecular formula is C36H37NO4P2Pd. The average Bonchev–Trinajstić information content (AvgIpc) is 3.03. The molecule has 5 nitrogen and oxygen atoms in total. The number of carbonyl (C=O) groups excluding carboxylic acids is 2. The van der Waals surface area contributed by atoms with Gasteiger partial charge in [-0.25, -0.2) is 0 Å². The second kappa shape index (κ2) is 22.0. The summed E-state index contributed by atoms with van der Waals surface area (Å²) in [6, 6.07) is 53.9. The number of aliphatic carboxylic acids is 2. The summed E-state index contributed by atoms with van der Waals surface area (Å²) in [5, 5.41) is 23.8. The van der Waals surface area contributed by atoms with Crippen LogP contribution in [0.5, 0.6) is 0 Å². The number of rotatable bonds is 8. The molecular weight excluding hydrogens is 679 g/mol. The fourth-order valence-corrected chi connectivity index (χ4v) is 14.2. The van der Waals surface area contributed by atoms with Gasteiger partial charge in [0.25, 0.3) is 0 Å². The summed E-state index contributed by atoms with van der Waals surface area (Å²) in [6.45, 7) is 1.94. The van der Waals surface area contributed by atoms with Crippen LogP contribution in [0.4, 0.5) is 5.69 Å². The molecule has 0 saturated heterocycles. The van der Waals surface area contributed by atoms with Gasteiger partial charge in [0.2, 0.25) is 0 Å². The predicted molar refractivity (Wildman–Crippen MR) is 180 cm³/mol. The van der Waals surface area contributed by atoms with E-state index in [1.54, 1.807) is 0 Å². The molecule has 0 amide bonds. The van der Waals surface area contributed by atoms with Crippen molar-refractivity contribution in [3.63, 3.8) is 0 Å². The van der Waals surface area contributed by atoms with Crippen LogP contribution >= 0.6 is 15.8 Å². The van der Waals surface area contributed by atoms with E-state index in [9.17, 15) is 0 Å². The summed E-state index contributed by atoms with van der Waals surface area (Å²) in [5.41, 5.74) is 6.18. The summed E-state index contributed by atoms with van der Waals surface area (Å²) in [7, 11) is -0.573. The number of nitrogen functional groups attached to an aromatic ring is 1. The molecule has 0 aliphatic rings. The molecule has 44 heavy (non-hydrogen) atoms. The second-order valence-electron chi connectivity index (χ2n) is 8.95. The first-order chi connectivity index (χ1) is 21.3. The van der Waals surface area contributed by atoms with Crippen molar-refractivity contribution in [2.75, 3.05) is 15.0 Å². The number of anilines is 1. The molecule has 0 aliphatic heterocycles. The number of carbonyl (C=O) groups is 2. The van der Waals surface area contributed by atoms with Crippen molar-refractivity contribution < 1.29 is 37.8 Å². The SMILES string of the molecule is CC(=O)[O-].CC(=O)[O-].Nc1ccccc1.c1ccc(P([CH2][Pd+2][CH2]P(c2ccccc2)c2ccccc2)c2ccccc2)cc1. The average molecular weight is 716 g/mol. The Hall–Kier alpha value is -3.64. The van der Waals surface area contributed by atoms with E-state index < -0.39 is 11.9 Å². The van der Waals surface area contributed by atoms with E-state index in [0.29, 0.717) is 0 Å². The minimum absolute atomic E-state index is 0.287. The van der Waals surface area contributed by atoms with Crippen LogP contribution in [0.1, 0.15) is 13.8 Å². The molecule has 0 spiro atoms. The Morgan fingerprint density at radius 2 is 0.705 bits per heavy atom. The van der Waals surface area contributed by atoms with Crippen LogP contribution < -0.4 is 37.2 Å². The maximum absolute atomic E-state index is 8.89. The number of nitrogens with two attached hydrogens (primary N) is 1. The summed E-state index contributed by atoms with van der Waals surface area (Å²) < 4.78 is 2.58. The van der Waals surface area contributed by atoms with Crippen molar-refractivity contribution in [2.24, 2.45) is 0 Å². The molecule has 0 heterocycles. The zero-order valence-electron chi connectivity index (χ0n) is 24.8. The Kier molecular flexibility index (Phi) is 18.2. The normalized spacial score (nSPS) is 9.91. The molecule has 0 fully saturated rings. The number of para-hydroxylation sites is 1. The number of benzene rings is 5. The van der Waals surface area contributed by atoms with Crippen molar-refractivity contribution in [3.05, 3.63) is 152 Å². The van der Waals surface area contributed by atoms with E-state index in [2.05, 4.69) is 121 Å². The van der Waals surface area contributed by atoms with E-state index in [0.717, 1.165) is 37.5 Å². The minimum atomic E-state index is -1.08. The summed E-state index contributed by atoms with van der Waals surface area (Å²) in [5.74, 6) is -2.17. The van der Waals surface area contributed by atoms with Crippen LogP contribution in [0.3, 0.4) is 0 Å². The first-order valence-corrected chi connectivity index (χ1v) is 18.9. The Balaban J connectivity index is 0.000000371. The van der Waals surface area contributed by atoms with Gasteiger partial charge in [-0.1, -0.05) is 18.2 Å². The number of hydrogen-bond acceptors (Lipinski definition) is 5. The summed E-state index contributed by atoms with van der Waals surface area (Å²) in [6.07, 6.45) is 0. The van der Waals surface area contributed by atoms with Gasteiger partial charge in [0.1, 0.15) is 0 Å². The molecule has 0 saturated carbocycles. The van der Waals surface area contributed by atoms with Crippen LogP contribution in [0.25, 0.3) is 0 Å². The molecule has 0 radical (unpaired) electrons. The summed E-state index contributed by atoms with van der Waals surface area (Å²) >= 11 is 0.722. The monoisotopic (exact) mass is 715 g/mol. The van der Waals surface area contributed by atoms with Crippen LogP contribution in [-0.2, 0) is 27.6 Å². The van der Waals surface area contributed by atoms with Crippen molar-refractivity contribution in [3.8, 4) is 0 Å². The van der Waals surface area contributed by atoms with E-state index >= 15 is 0 Å². The molecule has 8 heteroatoms. The fourth-order valence-electron chi connectivity index (χ4n) is 3.59. The van der Waals surface area contributed by atoms with Gasteiger partial charge >= 0.3 is 186 Å². The topological polar surface area (TPSA) is 106 Å². The first-order valence-electron chi connectivity index (χ1n) is 13.6. The third kappa shape index (κ3) is 15.7. The third-order valence-electron chi connectivity index (χ3n) is 5.41.